The van der Waals surface area contributed by atoms with Crippen molar-refractivity contribution < 1.29 is 23.9 Å². The van der Waals surface area contributed by atoms with Crippen molar-refractivity contribution in [2.75, 3.05) is 13.7 Å². The summed E-state index contributed by atoms with van der Waals surface area (Å²) in [6.45, 7) is 13.2. The van der Waals surface area contributed by atoms with Gasteiger partial charge in [0.1, 0.15) is 5.60 Å². The first-order valence-corrected chi connectivity index (χ1v) is 12.2. The van der Waals surface area contributed by atoms with Crippen LogP contribution in [0.3, 0.4) is 0 Å². The number of nitrogens with one attached hydrogen (secondary N) is 1. The van der Waals surface area contributed by atoms with Crippen LogP contribution in [0.25, 0.3) is 0 Å². The fourth-order valence-electron chi connectivity index (χ4n) is 4.36. The first-order chi connectivity index (χ1) is 15.8. The summed E-state index contributed by atoms with van der Waals surface area (Å²) in [5.74, 6) is 0.0376. The quantitative estimate of drug-likeness (QED) is 0.541. The van der Waals surface area contributed by atoms with E-state index < -0.39 is 5.60 Å². The Morgan fingerprint density at radius 2 is 1.56 bits per heavy atom. The van der Waals surface area contributed by atoms with Gasteiger partial charge in [0.15, 0.2) is 0 Å². The predicted molar refractivity (Wildman–Crippen MR) is 132 cm³/mol. The number of esters is 1. The van der Waals surface area contributed by atoms with E-state index in [9.17, 15) is 14.4 Å². The summed E-state index contributed by atoms with van der Waals surface area (Å²) in [4.78, 5) is 38.5. The van der Waals surface area contributed by atoms with Crippen LogP contribution >= 0.6 is 0 Å². The summed E-state index contributed by atoms with van der Waals surface area (Å²) < 4.78 is 10.3. The van der Waals surface area contributed by atoms with Crippen molar-refractivity contribution >= 4 is 18.0 Å². The number of carbonyl (C=O) groups is 3. The van der Waals surface area contributed by atoms with Gasteiger partial charge in [0.05, 0.1) is 13.5 Å². The van der Waals surface area contributed by atoms with Crippen molar-refractivity contribution in [1.82, 2.24) is 10.2 Å². The van der Waals surface area contributed by atoms with Crippen LogP contribution in [-0.2, 0) is 20.8 Å². The highest BCUT2D eigenvalue weighted by Gasteiger charge is 2.35. The number of methoxy groups -OCH3 is 1. The average Bonchev–Trinajstić information content (AvgIpc) is 2.76. The normalized spacial score (nSPS) is 18.7. The zero-order chi connectivity index (χ0) is 25.5. The first-order valence-electron chi connectivity index (χ1n) is 12.2. The van der Waals surface area contributed by atoms with Crippen LogP contribution in [0.1, 0.15) is 89.6 Å². The molecule has 0 saturated heterocycles. The molecule has 0 unspecified atom stereocenters. The summed E-state index contributed by atoms with van der Waals surface area (Å²) in [5.41, 5.74) is 1.15. The van der Waals surface area contributed by atoms with Crippen LogP contribution in [0, 0.1) is 11.3 Å². The van der Waals surface area contributed by atoms with E-state index in [0.717, 1.165) is 31.2 Å². The maximum absolute atomic E-state index is 13.1. The maximum Gasteiger partial charge on any atom is 0.410 e. The van der Waals surface area contributed by atoms with Gasteiger partial charge in [-0.05, 0) is 75.5 Å². The minimum Gasteiger partial charge on any atom is -0.469 e. The summed E-state index contributed by atoms with van der Waals surface area (Å²) in [5, 5.41) is 2.71. The van der Waals surface area contributed by atoms with Gasteiger partial charge in [-0.15, -0.1) is 0 Å². The molecule has 0 aliphatic heterocycles. The van der Waals surface area contributed by atoms with E-state index in [2.05, 4.69) is 30.8 Å². The molecule has 1 N–H and O–H groups in total. The summed E-state index contributed by atoms with van der Waals surface area (Å²) in [6, 6.07) is 7.36. The first kappa shape index (κ1) is 27.7. The highest BCUT2D eigenvalue weighted by atomic mass is 16.6. The van der Waals surface area contributed by atoms with Crippen LogP contribution < -0.4 is 5.32 Å². The van der Waals surface area contributed by atoms with Gasteiger partial charge < -0.3 is 19.7 Å². The second-order valence-electron chi connectivity index (χ2n) is 11.3. The Morgan fingerprint density at radius 3 is 2.06 bits per heavy atom. The monoisotopic (exact) mass is 474 g/mol. The molecule has 0 bridgehead atoms. The standard InChI is InChI=1S/C27H42N2O5/c1-26(2,3)21-12-14-22(15-13-21)29(25(32)34-27(4,5)6)18-19-8-10-20(11-9-19)24(31)28-17-16-23(30)33-7/h8-11,21-22H,12-18H2,1-7H3,(H,28,31)/t21-,22-. The van der Waals surface area contributed by atoms with Gasteiger partial charge in [-0.2, -0.15) is 0 Å². The van der Waals surface area contributed by atoms with E-state index in [1.54, 1.807) is 12.1 Å². The van der Waals surface area contributed by atoms with E-state index in [1.165, 1.54) is 7.11 Å². The minimum absolute atomic E-state index is 0.128. The third-order valence-corrected chi connectivity index (χ3v) is 6.40. The molecule has 0 atom stereocenters. The number of nitrogens with zero attached hydrogens (tertiary/aromatic N) is 1. The van der Waals surface area contributed by atoms with Crippen molar-refractivity contribution in [3.63, 3.8) is 0 Å². The molecule has 1 saturated carbocycles. The largest absolute Gasteiger partial charge is 0.469 e. The van der Waals surface area contributed by atoms with Crippen molar-refractivity contribution in [2.45, 2.75) is 91.8 Å². The lowest BCUT2D eigenvalue weighted by molar-refractivity contribution is -0.140. The fraction of sp³-hybridized carbons (Fsp3) is 0.667. The van der Waals surface area contributed by atoms with Crippen LogP contribution in [0.4, 0.5) is 4.79 Å². The Bertz CT molecular complexity index is 828. The lowest BCUT2D eigenvalue weighted by atomic mass is 9.71. The van der Waals surface area contributed by atoms with Gasteiger partial charge in [0.25, 0.3) is 5.91 Å². The van der Waals surface area contributed by atoms with E-state index in [1.807, 2.05) is 37.8 Å². The van der Waals surface area contributed by atoms with E-state index in [0.29, 0.717) is 18.0 Å². The van der Waals surface area contributed by atoms with Gasteiger partial charge in [0, 0.05) is 24.7 Å². The molecule has 7 heteroatoms. The third-order valence-electron chi connectivity index (χ3n) is 6.40. The molecule has 34 heavy (non-hydrogen) atoms. The number of benzene rings is 1. The molecule has 1 aromatic carbocycles. The molecule has 0 spiro atoms. The van der Waals surface area contributed by atoms with Crippen molar-refractivity contribution in [3.8, 4) is 0 Å². The van der Waals surface area contributed by atoms with Crippen LogP contribution in [0.5, 0.6) is 0 Å². The van der Waals surface area contributed by atoms with E-state index in [4.69, 9.17) is 4.74 Å². The topological polar surface area (TPSA) is 84.9 Å². The molecule has 0 aromatic heterocycles. The van der Waals surface area contributed by atoms with Crippen LogP contribution in [-0.4, -0.2) is 48.2 Å². The number of carbonyl (C=O) groups excluding carboxylic acids is 3. The Morgan fingerprint density at radius 1 is 0.971 bits per heavy atom. The molecular weight excluding hydrogens is 432 g/mol. The minimum atomic E-state index is -0.565. The highest BCUT2D eigenvalue weighted by Crippen LogP contribution is 2.39. The van der Waals surface area contributed by atoms with Crippen molar-refractivity contribution in [3.05, 3.63) is 35.4 Å². The SMILES string of the molecule is COC(=O)CCNC(=O)c1ccc(CN(C(=O)OC(C)(C)C)[C@H]2CC[C@H](C(C)(C)C)CC2)cc1. The van der Waals surface area contributed by atoms with E-state index in [-0.39, 0.29) is 42.4 Å². The summed E-state index contributed by atoms with van der Waals surface area (Å²) in [6.07, 6.45) is 3.94. The molecule has 1 aliphatic carbocycles. The molecular formula is C27H42N2O5. The second kappa shape index (κ2) is 11.7. The zero-order valence-corrected chi connectivity index (χ0v) is 21.9. The van der Waals surface area contributed by atoms with Gasteiger partial charge in [-0.1, -0.05) is 32.9 Å². The molecule has 0 heterocycles. The molecule has 1 aliphatic rings. The lowest BCUT2D eigenvalue weighted by Gasteiger charge is -2.41. The molecule has 1 aromatic rings. The Hall–Kier alpha value is -2.57. The number of hydrogen-bond acceptors (Lipinski definition) is 5. The second-order valence-corrected chi connectivity index (χ2v) is 11.3. The van der Waals surface area contributed by atoms with Gasteiger partial charge in [0.2, 0.25) is 0 Å². The molecule has 1 fully saturated rings. The fourth-order valence-corrected chi connectivity index (χ4v) is 4.36. The van der Waals surface area contributed by atoms with Crippen LogP contribution in [0.2, 0.25) is 0 Å². The van der Waals surface area contributed by atoms with Crippen molar-refractivity contribution in [1.29, 1.82) is 0 Å². The molecule has 0 radical (unpaired) electrons. The molecule has 7 nitrogen and oxygen atoms in total. The van der Waals surface area contributed by atoms with E-state index >= 15 is 0 Å². The molecule has 2 rings (SSSR count). The Labute approximate surface area is 204 Å². The van der Waals surface area contributed by atoms with Gasteiger partial charge in [-0.3, -0.25) is 9.59 Å². The maximum atomic E-state index is 13.1. The molecule has 2 amide bonds. The summed E-state index contributed by atoms with van der Waals surface area (Å²) >= 11 is 0. The summed E-state index contributed by atoms with van der Waals surface area (Å²) in [7, 11) is 1.32. The number of amides is 2. The zero-order valence-electron chi connectivity index (χ0n) is 21.9. The van der Waals surface area contributed by atoms with Crippen molar-refractivity contribution in [2.24, 2.45) is 11.3 Å². The smallest absolute Gasteiger partial charge is 0.410 e. The Kier molecular flexibility index (Phi) is 9.54. The lowest BCUT2D eigenvalue weighted by Crippen LogP contribution is -2.45. The third kappa shape index (κ3) is 8.65. The van der Waals surface area contributed by atoms with Gasteiger partial charge in [-0.25, -0.2) is 4.79 Å². The average molecular weight is 475 g/mol. The van der Waals surface area contributed by atoms with Crippen LogP contribution in [0.15, 0.2) is 24.3 Å². The number of hydrogen-bond donors (Lipinski definition) is 1. The highest BCUT2D eigenvalue weighted by molar-refractivity contribution is 5.94. The predicted octanol–water partition coefficient (Wildman–Crippen LogP) is 5.32. The molecule has 190 valence electrons. The Balaban J connectivity index is 2.07. The van der Waals surface area contributed by atoms with Gasteiger partial charge >= 0.3 is 12.1 Å². The number of rotatable bonds is 7. The number of ether oxygens (including phenoxy) is 2.